The quantitative estimate of drug-likeness (QED) is 0.188. The molecule has 0 aromatic carbocycles. The SMILES string of the molecule is C[C@H]1O[C@@H](O[C@H]2[C@@H](C)O[C@@H](O[C@H]3[C@@H](O)C[C@H](O[C@H]4CC[C@@]5(C)[C@H](CC[C@H]6[C@@H]5CC[C@]5(C)[C@@H](C7=CC(=O)OC7)CC[C@]65O)C4)O[C@@H]3C)O[C@@H]2O)C[C@H](O)[C@@H]1O. The fraction of sp³-hybridized carbons (Fsp3) is 0.925. The van der Waals surface area contributed by atoms with Crippen molar-refractivity contribution in [2.45, 2.75) is 191 Å². The van der Waals surface area contributed by atoms with Crippen LogP contribution in [0.3, 0.4) is 0 Å². The molecule has 4 heterocycles. The minimum Gasteiger partial charge on any atom is -0.458 e. The number of hydrogen-bond donors (Lipinski definition) is 5. The highest BCUT2D eigenvalue weighted by molar-refractivity contribution is 5.85. The van der Waals surface area contributed by atoms with E-state index in [0.717, 1.165) is 63.4 Å². The molecule has 54 heavy (non-hydrogen) atoms. The fourth-order valence-electron chi connectivity index (χ4n) is 12.4. The van der Waals surface area contributed by atoms with Gasteiger partial charge in [0.1, 0.15) is 24.9 Å². The Morgan fingerprint density at radius 3 is 2.15 bits per heavy atom. The van der Waals surface area contributed by atoms with Crippen LogP contribution < -0.4 is 0 Å². The number of hydrogen-bond acceptors (Lipinski definition) is 14. The Bertz CT molecular complexity index is 1380. The highest BCUT2D eigenvalue weighted by atomic mass is 16.9. The summed E-state index contributed by atoms with van der Waals surface area (Å²) in [5.74, 6) is 1.08. The monoisotopic (exact) mass is 766 g/mol. The van der Waals surface area contributed by atoms with E-state index in [2.05, 4.69) is 13.8 Å². The van der Waals surface area contributed by atoms with E-state index in [9.17, 15) is 30.3 Å². The van der Waals surface area contributed by atoms with Gasteiger partial charge in [-0.05, 0) is 113 Å². The molecule has 0 amide bonds. The highest BCUT2D eigenvalue weighted by Gasteiger charge is 2.68. The highest BCUT2D eigenvalue weighted by Crippen LogP contribution is 2.70. The number of cyclic esters (lactones) is 1. The maximum atomic E-state index is 12.6. The van der Waals surface area contributed by atoms with Crippen LogP contribution in [0.25, 0.3) is 0 Å². The number of carbonyl (C=O) groups excluding carboxylic acids is 1. The van der Waals surface area contributed by atoms with Gasteiger partial charge in [0, 0.05) is 24.3 Å². The molecule has 20 atom stereocenters. The molecule has 0 spiro atoms. The van der Waals surface area contributed by atoms with Crippen molar-refractivity contribution >= 4 is 5.97 Å². The Morgan fingerprint density at radius 1 is 0.722 bits per heavy atom. The van der Waals surface area contributed by atoms with Crippen molar-refractivity contribution in [2.75, 3.05) is 6.61 Å². The van der Waals surface area contributed by atoms with Gasteiger partial charge < -0.3 is 58.7 Å². The van der Waals surface area contributed by atoms with E-state index in [1.807, 2.05) is 6.92 Å². The Hall–Kier alpha value is -1.27. The van der Waals surface area contributed by atoms with Crippen molar-refractivity contribution in [1.82, 2.24) is 0 Å². The molecule has 0 bridgehead atoms. The number of rotatable bonds is 7. The maximum absolute atomic E-state index is 12.6. The van der Waals surface area contributed by atoms with E-state index in [4.69, 9.17) is 37.9 Å². The molecule has 8 rings (SSSR count). The van der Waals surface area contributed by atoms with Gasteiger partial charge in [-0.3, -0.25) is 4.74 Å². The average Bonchev–Trinajstić information content (AvgIpc) is 3.66. The second-order valence-electron chi connectivity index (χ2n) is 18.3. The van der Waals surface area contributed by atoms with Crippen molar-refractivity contribution in [3.63, 3.8) is 0 Å². The number of esters is 1. The lowest BCUT2D eigenvalue weighted by Crippen LogP contribution is -2.62. The smallest absolute Gasteiger partial charge is 0.331 e. The van der Waals surface area contributed by atoms with E-state index >= 15 is 0 Å². The summed E-state index contributed by atoms with van der Waals surface area (Å²) in [4.78, 5) is 11.9. The molecule has 5 N–H and O–H groups in total. The van der Waals surface area contributed by atoms with Crippen LogP contribution in [0.2, 0.25) is 0 Å². The Balaban J connectivity index is 0.826. The van der Waals surface area contributed by atoms with E-state index < -0.39 is 79.8 Å². The molecular formula is C40H62O14. The zero-order chi connectivity index (χ0) is 38.3. The molecule has 306 valence electrons. The molecule has 14 heteroatoms. The van der Waals surface area contributed by atoms with Crippen LogP contribution in [0, 0.1) is 34.5 Å². The standard InChI is InChI=1S/C40H62O14/c1-19-33(44)28(41)16-32(48-19)52-35-21(3)50-37(54-36(35)45)53-34-20(2)49-31(17-29(34)42)51-24-8-11-38(4)23(15-24)6-7-27-26(38)9-12-39(5)25(10-13-40(27,39)46)22-14-30(43)47-18-22/h14,19-21,23-29,31-37,41-42,44-46H,6-13,15-18H2,1-5H3/t19-,20-,21-,23-,24+,25-,26+,27+,28+,29+,31+,32+,33-,34-,35+,36+,37+,38+,39-,40+/m1/s1. The van der Waals surface area contributed by atoms with Gasteiger partial charge in [-0.15, -0.1) is 0 Å². The summed E-state index contributed by atoms with van der Waals surface area (Å²) in [6.07, 6.45) is 0.947. The molecule has 0 radical (unpaired) electrons. The summed E-state index contributed by atoms with van der Waals surface area (Å²) in [5.41, 5.74) is 0.178. The minimum absolute atomic E-state index is 0.000382. The lowest BCUT2D eigenvalue weighted by molar-refractivity contribution is -0.437. The summed E-state index contributed by atoms with van der Waals surface area (Å²) in [5, 5.41) is 54.6. The summed E-state index contributed by atoms with van der Waals surface area (Å²) in [6, 6.07) is 0. The van der Waals surface area contributed by atoms with Crippen LogP contribution in [0.1, 0.15) is 105 Å². The predicted molar refractivity (Wildman–Crippen MR) is 188 cm³/mol. The van der Waals surface area contributed by atoms with Crippen molar-refractivity contribution in [1.29, 1.82) is 0 Å². The number of fused-ring (bicyclic) bond motifs is 5. The molecule has 7 fully saturated rings. The Labute approximate surface area is 317 Å². The van der Waals surface area contributed by atoms with Gasteiger partial charge in [0.05, 0.1) is 42.2 Å². The van der Waals surface area contributed by atoms with Crippen molar-refractivity contribution in [3.8, 4) is 0 Å². The second kappa shape index (κ2) is 14.8. The van der Waals surface area contributed by atoms with Gasteiger partial charge in [-0.1, -0.05) is 13.8 Å². The van der Waals surface area contributed by atoms with Crippen LogP contribution in [-0.2, 0) is 42.7 Å². The normalized spacial score (nSPS) is 55.0. The number of aliphatic hydroxyl groups is 5. The number of carbonyl (C=O) groups is 1. The Morgan fingerprint density at radius 2 is 1.44 bits per heavy atom. The Kier molecular flexibility index (Phi) is 10.9. The second-order valence-corrected chi connectivity index (χ2v) is 18.3. The molecule has 8 aliphatic rings. The largest absolute Gasteiger partial charge is 0.458 e. The van der Waals surface area contributed by atoms with Gasteiger partial charge in [-0.25, -0.2) is 4.79 Å². The molecular weight excluding hydrogens is 704 g/mol. The molecule has 14 nitrogen and oxygen atoms in total. The van der Waals surface area contributed by atoms with Crippen molar-refractivity contribution in [2.24, 2.45) is 34.5 Å². The minimum atomic E-state index is -1.44. The third-order valence-corrected chi connectivity index (χ3v) is 15.5. The fourth-order valence-corrected chi connectivity index (χ4v) is 12.4. The molecule has 0 unspecified atom stereocenters. The van der Waals surface area contributed by atoms with Gasteiger partial charge in [0.15, 0.2) is 18.9 Å². The molecule has 0 aromatic heterocycles. The third kappa shape index (κ3) is 6.81. The van der Waals surface area contributed by atoms with E-state index in [1.54, 1.807) is 19.9 Å². The third-order valence-electron chi connectivity index (χ3n) is 15.5. The van der Waals surface area contributed by atoms with Crippen molar-refractivity contribution in [3.05, 3.63) is 11.6 Å². The zero-order valence-corrected chi connectivity index (χ0v) is 32.3. The summed E-state index contributed by atoms with van der Waals surface area (Å²) in [7, 11) is 0. The first-order chi connectivity index (χ1) is 25.6. The first-order valence-electron chi connectivity index (χ1n) is 20.5. The van der Waals surface area contributed by atoms with Crippen LogP contribution in [0.5, 0.6) is 0 Å². The summed E-state index contributed by atoms with van der Waals surface area (Å²) in [6.45, 7) is 8.91. The van der Waals surface area contributed by atoms with E-state index in [-0.39, 0.29) is 47.6 Å². The zero-order valence-electron chi connectivity index (χ0n) is 32.3. The molecule has 4 saturated carbocycles. The lowest BCUT2D eigenvalue weighted by Gasteiger charge is -2.64. The molecule has 3 saturated heterocycles. The van der Waals surface area contributed by atoms with Crippen LogP contribution in [-0.4, -0.2) is 124 Å². The topological polar surface area (TPSA) is 192 Å². The van der Waals surface area contributed by atoms with Gasteiger partial charge >= 0.3 is 5.97 Å². The van der Waals surface area contributed by atoms with Crippen LogP contribution in [0.15, 0.2) is 11.6 Å². The lowest BCUT2D eigenvalue weighted by atomic mass is 9.43. The molecule has 0 aromatic rings. The predicted octanol–water partition coefficient (Wildman–Crippen LogP) is 2.79. The van der Waals surface area contributed by atoms with Gasteiger partial charge in [-0.2, -0.15) is 0 Å². The van der Waals surface area contributed by atoms with E-state index in [0.29, 0.717) is 18.4 Å². The van der Waals surface area contributed by atoms with Crippen LogP contribution >= 0.6 is 0 Å². The molecule has 4 aliphatic heterocycles. The number of ether oxygens (including phenoxy) is 8. The van der Waals surface area contributed by atoms with Crippen LogP contribution in [0.4, 0.5) is 0 Å². The molecule has 4 aliphatic carbocycles. The maximum Gasteiger partial charge on any atom is 0.331 e. The number of aliphatic hydroxyl groups excluding tert-OH is 4. The van der Waals surface area contributed by atoms with Crippen molar-refractivity contribution < 1.29 is 68.2 Å². The van der Waals surface area contributed by atoms with Gasteiger partial charge in [0.2, 0.25) is 0 Å². The van der Waals surface area contributed by atoms with E-state index in [1.165, 1.54) is 0 Å². The summed E-state index contributed by atoms with van der Waals surface area (Å²) >= 11 is 0. The first kappa shape index (κ1) is 39.6. The average molecular weight is 767 g/mol. The summed E-state index contributed by atoms with van der Waals surface area (Å²) < 4.78 is 47.1. The first-order valence-corrected chi connectivity index (χ1v) is 20.5. The van der Waals surface area contributed by atoms with Gasteiger partial charge in [0.25, 0.3) is 6.48 Å².